The van der Waals surface area contributed by atoms with Gasteiger partial charge in [-0.1, -0.05) is 35.0 Å². The zero-order valence-corrected chi connectivity index (χ0v) is 11.0. The van der Waals surface area contributed by atoms with Crippen molar-refractivity contribution in [1.82, 2.24) is 14.8 Å². The minimum Gasteiger partial charge on any atom is -0.314 e. The molecule has 1 aromatic heterocycles. The molecule has 1 heterocycles. The number of rotatable bonds is 3. The first-order chi connectivity index (χ1) is 7.74. The maximum absolute atomic E-state index is 4.20. The van der Waals surface area contributed by atoms with Crippen molar-refractivity contribution in [3.8, 4) is 11.4 Å². The summed E-state index contributed by atoms with van der Waals surface area (Å²) < 4.78 is 3.20. The summed E-state index contributed by atoms with van der Waals surface area (Å²) in [5, 5.41) is 8.18. The van der Waals surface area contributed by atoms with E-state index in [4.69, 9.17) is 0 Å². The Hall–Kier alpha value is -1.16. The maximum atomic E-state index is 4.20. The van der Waals surface area contributed by atoms with Crippen LogP contribution in [0.3, 0.4) is 0 Å². The Bertz CT molecular complexity index is 491. The van der Waals surface area contributed by atoms with Crippen molar-refractivity contribution in [3.05, 3.63) is 34.6 Å². The van der Waals surface area contributed by atoms with Crippen LogP contribution in [0.1, 0.15) is 18.9 Å². The van der Waals surface area contributed by atoms with Crippen molar-refractivity contribution in [3.63, 3.8) is 0 Å². The molecular formula is C12H14BrN3. The van der Waals surface area contributed by atoms with Crippen molar-refractivity contribution < 1.29 is 0 Å². The number of aryl methyl sites for hydroxylation is 1. The van der Waals surface area contributed by atoms with Crippen LogP contribution in [0.2, 0.25) is 0 Å². The smallest absolute Gasteiger partial charge is 0.164 e. The highest BCUT2D eigenvalue weighted by molar-refractivity contribution is 9.10. The molecule has 0 radical (unpaired) electrons. The molecule has 0 amide bonds. The molecule has 0 unspecified atom stereocenters. The van der Waals surface area contributed by atoms with Crippen LogP contribution in [0.5, 0.6) is 0 Å². The number of benzene rings is 1. The van der Waals surface area contributed by atoms with Crippen LogP contribution >= 0.6 is 15.9 Å². The minimum absolute atomic E-state index is 0.945. The minimum atomic E-state index is 0.945. The van der Waals surface area contributed by atoms with E-state index in [0.29, 0.717) is 0 Å². The molecule has 2 rings (SSSR count). The van der Waals surface area contributed by atoms with Crippen LogP contribution in [-0.2, 0) is 6.54 Å². The van der Waals surface area contributed by atoms with E-state index in [9.17, 15) is 0 Å². The topological polar surface area (TPSA) is 30.7 Å². The van der Waals surface area contributed by atoms with Crippen molar-refractivity contribution in [1.29, 1.82) is 0 Å². The molecule has 1 aromatic carbocycles. The summed E-state index contributed by atoms with van der Waals surface area (Å²) in [5.41, 5.74) is 2.34. The van der Waals surface area contributed by atoms with Gasteiger partial charge < -0.3 is 4.57 Å². The van der Waals surface area contributed by atoms with Crippen LogP contribution in [0.15, 0.2) is 29.0 Å². The summed E-state index contributed by atoms with van der Waals surface area (Å²) in [7, 11) is 0. The molecule has 0 aliphatic carbocycles. The molecule has 0 spiro atoms. The fourth-order valence-corrected chi connectivity index (χ4v) is 2.08. The first-order valence-corrected chi connectivity index (χ1v) is 6.16. The number of halogens is 1. The van der Waals surface area contributed by atoms with Gasteiger partial charge in [-0.25, -0.2) is 0 Å². The highest BCUT2D eigenvalue weighted by atomic mass is 79.9. The molecule has 0 N–H and O–H groups in total. The number of nitrogens with zero attached hydrogens (tertiary/aromatic N) is 3. The van der Waals surface area contributed by atoms with Crippen molar-refractivity contribution in [2.75, 3.05) is 0 Å². The first kappa shape index (κ1) is 11.3. The zero-order valence-electron chi connectivity index (χ0n) is 9.44. The average molecular weight is 280 g/mol. The van der Waals surface area contributed by atoms with Gasteiger partial charge in [0.15, 0.2) is 5.82 Å². The lowest BCUT2D eigenvalue weighted by Crippen LogP contribution is -1.99. The lowest BCUT2D eigenvalue weighted by Gasteiger charge is -2.08. The van der Waals surface area contributed by atoms with Gasteiger partial charge in [0, 0.05) is 16.6 Å². The Morgan fingerprint density at radius 1 is 1.38 bits per heavy atom. The first-order valence-electron chi connectivity index (χ1n) is 5.37. The van der Waals surface area contributed by atoms with Gasteiger partial charge in [0.2, 0.25) is 0 Å². The Morgan fingerprint density at radius 3 is 2.94 bits per heavy atom. The predicted octanol–water partition coefficient (Wildman–Crippen LogP) is 3.43. The summed E-state index contributed by atoms with van der Waals surface area (Å²) in [6, 6.07) is 6.15. The van der Waals surface area contributed by atoms with Crippen molar-refractivity contribution >= 4 is 15.9 Å². The van der Waals surface area contributed by atoms with E-state index < -0.39 is 0 Å². The molecular weight excluding hydrogens is 266 g/mol. The Kier molecular flexibility index (Phi) is 3.39. The predicted molar refractivity (Wildman–Crippen MR) is 68.2 cm³/mol. The molecule has 4 heteroatoms. The molecule has 0 saturated heterocycles. The van der Waals surface area contributed by atoms with Gasteiger partial charge >= 0.3 is 0 Å². The monoisotopic (exact) mass is 279 g/mol. The summed E-state index contributed by atoms with van der Waals surface area (Å²) >= 11 is 3.54. The molecule has 84 valence electrons. The van der Waals surface area contributed by atoms with E-state index in [1.807, 2.05) is 12.1 Å². The van der Waals surface area contributed by atoms with E-state index in [0.717, 1.165) is 28.8 Å². The third kappa shape index (κ3) is 2.02. The number of aromatic nitrogens is 3. The molecule has 0 aliphatic heterocycles. The van der Waals surface area contributed by atoms with E-state index in [1.54, 1.807) is 6.33 Å². The van der Waals surface area contributed by atoms with E-state index in [1.165, 1.54) is 5.56 Å². The molecule has 2 aromatic rings. The van der Waals surface area contributed by atoms with E-state index in [2.05, 4.69) is 50.6 Å². The molecule has 0 aliphatic rings. The van der Waals surface area contributed by atoms with E-state index in [-0.39, 0.29) is 0 Å². The van der Waals surface area contributed by atoms with Gasteiger partial charge in [0.1, 0.15) is 6.33 Å². The fourth-order valence-electron chi connectivity index (χ4n) is 1.72. The van der Waals surface area contributed by atoms with Gasteiger partial charge in [0.05, 0.1) is 0 Å². The second kappa shape index (κ2) is 4.78. The lowest BCUT2D eigenvalue weighted by atomic mass is 10.1. The van der Waals surface area contributed by atoms with Gasteiger partial charge in [-0.3, -0.25) is 0 Å². The summed E-state index contributed by atoms with van der Waals surface area (Å²) in [4.78, 5) is 0. The van der Waals surface area contributed by atoms with Gasteiger partial charge in [-0.05, 0) is 25.0 Å². The quantitative estimate of drug-likeness (QED) is 0.862. The number of hydrogen-bond acceptors (Lipinski definition) is 2. The maximum Gasteiger partial charge on any atom is 0.164 e. The molecule has 3 nitrogen and oxygen atoms in total. The van der Waals surface area contributed by atoms with Gasteiger partial charge in [-0.15, -0.1) is 10.2 Å². The third-order valence-corrected chi connectivity index (χ3v) is 3.45. The average Bonchev–Trinajstić information content (AvgIpc) is 2.71. The Labute approximate surface area is 104 Å². The van der Waals surface area contributed by atoms with Crippen LogP contribution in [0.25, 0.3) is 11.4 Å². The molecule has 16 heavy (non-hydrogen) atoms. The summed E-state index contributed by atoms with van der Waals surface area (Å²) in [6.45, 7) is 5.19. The highest BCUT2D eigenvalue weighted by Gasteiger charge is 2.10. The molecule has 0 atom stereocenters. The van der Waals surface area contributed by atoms with E-state index >= 15 is 0 Å². The second-order valence-corrected chi connectivity index (χ2v) is 4.61. The van der Waals surface area contributed by atoms with Gasteiger partial charge in [-0.2, -0.15) is 0 Å². The fraction of sp³-hybridized carbons (Fsp3) is 0.333. The van der Waals surface area contributed by atoms with Crippen LogP contribution in [0.4, 0.5) is 0 Å². The summed E-state index contributed by atoms with van der Waals surface area (Å²) in [5.74, 6) is 0.945. The third-order valence-electron chi connectivity index (χ3n) is 2.59. The summed E-state index contributed by atoms with van der Waals surface area (Å²) in [6.07, 6.45) is 2.87. The van der Waals surface area contributed by atoms with Crippen LogP contribution in [0, 0.1) is 6.92 Å². The van der Waals surface area contributed by atoms with Gasteiger partial charge in [0.25, 0.3) is 0 Å². The Morgan fingerprint density at radius 2 is 2.19 bits per heavy atom. The van der Waals surface area contributed by atoms with Crippen LogP contribution < -0.4 is 0 Å². The highest BCUT2D eigenvalue weighted by Crippen LogP contribution is 2.27. The van der Waals surface area contributed by atoms with Crippen LogP contribution in [-0.4, -0.2) is 14.8 Å². The molecule has 0 fully saturated rings. The Balaban J connectivity index is 2.50. The largest absolute Gasteiger partial charge is 0.314 e. The lowest BCUT2D eigenvalue weighted by molar-refractivity contribution is 0.682. The van der Waals surface area contributed by atoms with Crippen molar-refractivity contribution in [2.24, 2.45) is 0 Å². The molecule has 0 bridgehead atoms. The SMILES string of the molecule is CCCn1cnnc1-c1cccc(Br)c1C. The zero-order chi connectivity index (χ0) is 11.5. The number of hydrogen-bond donors (Lipinski definition) is 0. The standard InChI is InChI=1S/C12H14BrN3/c1-3-7-16-8-14-15-12(16)10-5-4-6-11(13)9(10)2/h4-6,8H,3,7H2,1-2H3. The normalized spacial score (nSPS) is 10.7. The second-order valence-electron chi connectivity index (χ2n) is 3.76. The molecule has 0 saturated carbocycles. The van der Waals surface area contributed by atoms with Crippen molar-refractivity contribution in [2.45, 2.75) is 26.8 Å².